The van der Waals surface area contributed by atoms with Gasteiger partial charge in [0.05, 0.1) is 6.61 Å². The number of nitrogens with one attached hydrogen (secondary N) is 1. The lowest BCUT2D eigenvalue weighted by atomic mass is 9.97. The van der Waals surface area contributed by atoms with E-state index in [9.17, 15) is 4.39 Å². The number of hydrogen-bond acceptors (Lipinski definition) is 2. The Morgan fingerprint density at radius 3 is 3.12 bits per heavy atom. The van der Waals surface area contributed by atoms with Crippen molar-refractivity contribution in [2.45, 2.75) is 18.9 Å². The van der Waals surface area contributed by atoms with E-state index in [1.54, 1.807) is 19.2 Å². The fraction of sp³-hybridized carbons (Fsp3) is 0.538. The van der Waals surface area contributed by atoms with Crippen LogP contribution in [0.3, 0.4) is 0 Å². The molecule has 1 aromatic rings. The fourth-order valence-corrected chi connectivity index (χ4v) is 2.38. The number of rotatable bonds is 4. The average Bonchev–Trinajstić information content (AvgIpc) is 2.66. The molecule has 1 aliphatic heterocycles. The number of ether oxygens (including phenoxy) is 1. The van der Waals surface area contributed by atoms with E-state index in [1.807, 2.05) is 6.07 Å². The first kappa shape index (κ1) is 11.6. The van der Waals surface area contributed by atoms with Gasteiger partial charge in [-0.05, 0) is 43.0 Å². The fourth-order valence-electron chi connectivity index (χ4n) is 2.38. The molecule has 0 spiro atoms. The van der Waals surface area contributed by atoms with Gasteiger partial charge >= 0.3 is 0 Å². The van der Waals surface area contributed by atoms with Crippen molar-refractivity contribution in [3.05, 3.63) is 35.6 Å². The maximum atomic E-state index is 13.0. The van der Waals surface area contributed by atoms with Gasteiger partial charge in [0.15, 0.2) is 0 Å². The zero-order chi connectivity index (χ0) is 11.4. The minimum Gasteiger partial charge on any atom is -0.383 e. The highest BCUT2D eigenvalue weighted by atomic mass is 19.1. The third-order valence-electron chi connectivity index (χ3n) is 3.09. The molecule has 3 heteroatoms. The van der Waals surface area contributed by atoms with Crippen LogP contribution in [0.25, 0.3) is 0 Å². The molecule has 2 unspecified atom stereocenters. The highest BCUT2D eigenvalue weighted by molar-refractivity contribution is 5.17. The first-order valence-corrected chi connectivity index (χ1v) is 5.74. The molecule has 2 atom stereocenters. The van der Waals surface area contributed by atoms with Crippen molar-refractivity contribution in [2.75, 3.05) is 20.3 Å². The molecular weight excluding hydrogens is 205 g/mol. The molecule has 0 bridgehead atoms. The maximum Gasteiger partial charge on any atom is 0.123 e. The van der Waals surface area contributed by atoms with Crippen LogP contribution in [-0.4, -0.2) is 26.3 Å². The zero-order valence-corrected chi connectivity index (χ0v) is 9.58. The minimum atomic E-state index is -0.142. The highest BCUT2D eigenvalue weighted by Gasteiger charge is 2.23. The van der Waals surface area contributed by atoms with Gasteiger partial charge in [0.25, 0.3) is 0 Å². The van der Waals surface area contributed by atoms with Crippen molar-refractivity contribution in [3.63, 3.8) is 0 Å². The largest absolute Gasteiger partial charge is 0.383 e. The summed E-state index contributed by atoms with van der Waals surface area (Å²) in [5.74, 6) is 0.457. The maximum absolute atomic E-state index is 13.0. The zero-order valence-electron chi connectivity index (χ0n) is 9.58. The summed E-state index contributed by atoms with van der Waals surface area (Å²) in [5.41, 5.74) is 1.09. The van der Waals surface area contributed by atoms with E-state index in [1.165, 1.54) is 6.07 Å². The summed E-state index contributed by atoms with van der Waals surface area (Å²) in [6.45, 7) is 1.77. The lowest BCUT2D eigenvalue weighted by molar-refractivity contribution is 0.172. The second-order valence-corrected chi connectivity index (χ2v) is 4.50. The van der Waals surface area contributed by atoms with E-state index < -0.39 is 0 Å². The Morgan fingerprint density at radius 2 is 2.38 bits per heavy atom. The van der Waals surface area contributed by atoms with Crippen LogP contribution in [-0.2, 0) is 11.2 Å². The van der Waals surface area contributed by atoms with Crippen LogP contribution >= 0.6 is 0 Å². The van der Waals surface area contributed by atoms with Gasteiger partial charge in [-0.25, -0.2) is 4.39 Å². The Bertz CT molecular complexity index is 342. The van der Waals surface area contributed by atoms with Gasteiger partial charge in [-0.1, -0.05) is 12.1 Å². The summed E-state index contributed by atoms with van der Waals surface area (Å²) >= 11 is 0. The first-order chi connectivity index (χ1) is 7.78. The highest BCUT2D eigenvalue weighted by Crippen LogP contribution is 2.19. The van der Waals surface area contributed by atoms with E-state index in [-0.39, 0.29) is 5.82 Å². The number of benzene rings is 1. The molecule has 1 heterocycles. The van der Waals surface area contributed by atoms with Gasteiger partial charge in [-0.2, -0.15) is 0 Å². The second-order valence-electron chi connectivity index (χ2n) is 4.50. The normalized spacial score (nSPS) is 24.9. The molecule has 1 saturated heterocycles. The molecule has 0 aliphatic carbocycles. The Hall–Kier alpha value is -0.930. The summed E-state index contributed by atoms with van der Waals surface area (Å²) in [5, 5.41) is 3.42. The third kappa shape index (κ3) is 3.03. The summed E-state index contributed by atoms with van der Waals surface area (Å²) < 4.78 is 18.1. The molecule has 2 rings (SSSR count). The molecule has 0 radical (unpaired) electrons. The summed E-state index contributed by atoms with van der Waals surface area (Å²) in [6.07, 6.45) is 2.06. The summed E-state index contributed by atoms with van der Waals surface area (Å²) in [6, 6.07) is 7.35. The molecule has 0 aromatic heterocycles. The van der Waals surface area contributed by atoms with E-state index in [0.29, 0.717) is 12.0 Å². The van der Waals surface area contributed by atoms with Crippen LogP contribution < -0.4 is 5.32 Å². The third-order valence-corrected chi connectivity index (χ3v) is 3.09. The van der Waals surface area contributed by atoms with Crippen molar-refractivity contribution in [2.24, 2.45) is 5.92 Å². The smallest absolute Gasteiger partial charge is 0.123 e. The van der Waals surface area contributed by atoms with Gasteiger partial charge in [0, 0.05) is 13.2 Å². The predicted octanol–water partition coefficient (Wildman–Crippen LogP) is 1.99. The molecular formula is C13H18FNO. The van der Waals surface area contributed by atoms with Gasteiger partial charge in [0.1, 0.15) is 5.82 Å². The van der Waals surface area contributed by atoms with Gasteiger partial charge in [-0.15, -0.1) is 0 Å². The van der Waals surface area contributed by atoms with Crippen LogP contribution in [0.5, 0.6) is 0 Å². The van der Waals surface area contributed by atoms with Crippen molar-refractivity contribution in [1.82, 2.24) is 5.32 Å². The number of halogens is 1. The van der Waals surface area contributed by atoms with Crippen molar-refractivity contribution in [3.8, 4) is 0 Å². The van der Waals surface area contributed by atoms with Crippen LogP contribution in [0.1, 0.15) is 12.0 Å². The molecule has 0 amide bonds. The van der Waals surface area contributed by atoms with Crippen molar-refractivity contribution < 1.29 is 9.13 Å². The Labute approximate surface area is 95.8 Å². The van der Waals surface area contributed by atoms with Crippen LogP contribution in [0, 0.1) is 11.7 Å². The second kappa shape index (κ2) is 5.41. The molecule has 2 nitrogen and oxygen atoms in total. The van der Waals surface area contributed by atoms with Crippen LogP contribution in [0.15, 0.2) is 24.3 Å². The lowest BCUT2D eigenvalue weighted by Crippen LogP contribution is -2.25. The monoisotopic (exact) mass is 223 g/mol. The first-order valence-electron chi connectivity index (χ1n) is 5.74. The Morgan fingerprint density at radius 1 is 1.50 bits per heavy atom. The minimum absolute atomic E-state index is 0.142. The SMILES string of the molecule is COCC1CC(Cc2cccc(F)c2)CN1. The number of methoxy groups -OCH3 is 1. The summed E-state index contributed by atoms with van der Waals surface area (Å²) in [4.78, 5) is 0. The molecule has 1 aromatic carbocycles. The van der Waals surface area contributed by atoms with Gasteiger partial charge < -0.3 is 10.1 Å². The molecule has 0 saturated carbocycles. The van der Waals surface area contributed by atoms with E-state index >= 15 is 0 Å². The van der Waals surface area contributed by atoms with Gasteiger partial charge in [0.2, 0.25) is 0 Å². The lowest BCUT2D eigenvalue weighted by Gasteiger charge is -2.09. The number of hydrogen-bond donors (Lipinski definition) is 1. The average molecular weight is 223 g/mol. The predicted molar refractivity (Wildman–Crippen MR) is 61.9 cm³/mol. The summed E-state index contributed by atoms with van der Waals surface area (Å²) in [7, 11) is 1.72. The molecule has 88 valence electrons. The van der Waals surface area contributed by atoms with Crippen LogP contribution in [0.2, 0.25) is 0 Å². The molecule has 1 N–H and O–H groups in total. The van der Waals surface area contributed by atoms with Gasteiger partial charge in [-0.3, -0.25) is 0 Å². The van der Waals surface area contributed by atoms with E-state index in [0.717, 1.165) is 31.6 Å². The Kier molecular flexibility index (Phi) is 3.91. The van der Waals surface area contributed by atoms with E-state index in [4.69, 9.17) is 4.74 Å². The van der Waals surface area contributed by atoms with Crippen LogP contribution in [0.4, 0.5) is 4.39 Å². The topological polar surface area (TPSA) is 21.3 Å². The molecule has 1 aliphatic rings. The van der Waals surface area contributed by atoms with E-state index in [2.05, 4.69) is 5.32 Å². The van der Waals surface area contributed by atoms with Crippen molar-refractivity contribution in [1.29, 1.82) is 0 Å². The Balaban J connectivity index is 1.87. The standard InChI is InChI=1S/C13H18FNO/c1-16-9-13-7-11(8-15-13)5-10-3-2-4-12(14)6-10/h2-4,6,11,13,15H,5,7-9H2,1H3. The molecule has 1 fully saturated rings. The molecule has 16 heavy (non-hydrogen) atoms. The quantitative estimate of drug-likeness (QED) is 0.843. The van der Waals surface area contributed by atoms with Crippen molar-refractivity contribution >= 4 is 0 Å².